The zero-order chi connectivity index (χ0) is 13.1. The molecule has 0 aliphatic rings. The molecule has 0 unspecified atom stereocenters. The number of hydrogen-bond donors (Lipinski definition) is 1. The average molecular weight is 262 g/mol. The molecule has 0 fully saturated rings. The maximum atomic E-state index is 12.3. The number of rotatable bonds is 3. The Morgan fingerprint density at radius 3 is 2.67 bits per heavy atom. The lowest BCUT2D eigenvalue weighted by Gasteiger charge is -2.01. The SMILES string of the molecule is CCOC(=S)c1c(C)[nH]n(-c2ccccc2)c1=O. The van der Waals surface area contributed by atoms with Gasteiger partial charge in [-0.2, -0.15) is 0 Å². The fourth-order valence-corrected chi connectivity index (χ4v) is 2.11. The number of benzene rings is 1. The molecule has 0 saturated heterocycles. The zero-order valence-electron chi connectivity index (χ0n) is 10.3. The van der Waals surface area contributed by atoms with E-state index in [-0.39, 0.29) is 10.6 Å². The van der Waals surface area contributed by atoms with Crippen LogP contribution in [0, 0.1) is 6.92 Å². The Morgan fingerprint density at radius 2 is 2.06 bits per heavy atom. The molecule has 18 heavy (non-hydrogen) atoms. The predicted octanol–water partition coefficient (Wildman–Crippen LogP) is 2.19. The number of hydrogen-bond acceptors (Lipinski definition) is 3. The van der Waals surface area contributed by atoms with E-state index in [0.29, 0.717) is 17.9 Å². The zero-order valence-corrected chi connectivity index (χ0v) is 11.1. The van der Waals surface area contributed by atoms with Crippen LogP contribution >= 0.6 is 12.2 Å². The summed E-state index contributed by atoms with van der Waals surface area (Å²) in [6.07, 6.45) is 0. The summed E-state index contributed by atoms with van der Waals surface area (Å²) in [5, 5.41) is 3.25. The number of ether oxygens (including phenoxy) is 1. The van der Waals surface area contributed by atoms with E-state index in [9.17, 15) is 4.79 Å². The van der Waals surface area contributed by atoms with E-state index in [4.69, 9.17) is 17.0 Å². The van der Waals surface area contributed by atoms with Gasteiger partial charge in [0.25, 0.3) is 5.56 Å². The van der Waals surface area contributed by atoms with Gasteiger partial charge in [0.1, 0.15) is 5.56 Å². The van der Waals surface area contributed by atoms with Crippen molar-refractivity contribution in [2.75, 3.05) is 6.61 Å². The number of para-hydroxylation sites is 1. The van der Waals surface area contributed by atoms with Crippen molar-refractivity contribution in [1.82, 2.24) is 9.78 Å². The van der Waals surface area contributed by atoms with Gasteiger partial charge in [0, 0.05) is 5.69 Å². The first-order chi connectivity index (χ1) is 8.65. The van der Waals surface area contributed by atoms with Gasteiger partial charge < -0.3 is 4.74 Å². The van der Waals surface area contributed by atoms with Gasteiger partial charge in [0.05, 0.1) is 12.3 Å². The number of aromatic nitrogens is 2. The molecule has 0 aliphatic carbocycles. The molecule has 1 aromatic heterocycles. The monoisotopic (exact) mass is 262 g/mol. The van der Waals surface area contributed by atoms with Crippen LogP contribution in [0.25, 0.3) is 5.69 Å². The van der Waals surface area contributed by atoms with E-state index in [0.717, 1.165) is 5.69 Å². The molecule has 2 aromatic rings. The molecule has 0 spiro atoms. The summed E-state index contributed by atoms with van der Waals surface area (Å²) < 4.78 is 6.71. The molecule has 94 valence electrons. The molecule has 1 heterocycles. The summed E-state index contributed by atoms with van der Waals surface area (Å²) >= 11 is 5.10. The summed E-state index contributed by atoms with van der Waals surface area (Å²) in [6, 6.07) is 9.35. The van der Waals surface area contributed by atoms with Crippen molar-refractivity contribution >= 4 is 17.3 Å². The second-order valence-corrected chi connectivity index (χ2v) is 4.18. The van der Waals surface area contributed by atoms with Crippen LogP contribution in [0.15, 0.2) is 35.1 Å². The van der Waals surface area contributed by atoms with E-state index < -0.39 is 0 Å². The predicted molar refractivity (Wildman–Crippen MR) is 74.5 cm³/mol. The number of nitrogens with zero attached hydrogens (tertiary/aromatic N) is 1. The van der Waals surface area contributed by atoms with Crippen LogP contribution in [0.5, 0.6) is 0 Å². The van der Waals surface area contributed by atoms with E-state index in [1.807, 2.05) is 44.2 Å². The van der Waals surface area contributed by atoms with Crippen LogP contribution < -0.4 is 5.56 Å². The highest BCUT2D eigenvalue weighted by atomic mass is 32.1. The van der Waals surface area contributed by atoms with Crippen molar-refractivity contribution < 1.29 is 4.74 Å². The van der Waals surface area contributed by atoms with Crippen molar-refractivity contribution in [2.45, 2.75) is 13.8 Å². The Hall–Kier alpha value is -1.88. The second-order valence-electron chi connectivity index (χ2n) is 3.81. The average Bonchev–Trinajstić information content (AvgIpc) is 2.66. The molecule has 0 atom stereocenters. The van der Waals surface area contributed by atoms with Gasteiger partial charge in [0.15, 0.2) is 5.05 Å². The van der Waals surface area contributed by atoms with Crippen molar-refractivity contribution in [3.8, 4) is 5.69 Å². The van der Waals surface area contributed by atoms with Crippen molar-refractivity contribution in [3.63, 3.8) is 0 Å². The quantitative estimate of drug-likeness (QED) is 0.862. The highest BCUT2D eigenvalue weighted by Gasteiger charge is 2.17. The molecular weight excluding hydrogens is 248 g/mol. The van der Waals surface area contributed by atoms with Gasteiger partial charge in [-0.05, 0) is 38.2 Å². The maximum absolute atomic E-state index is 12.3. The Balaban J connectivity index is 2.51. The number of thiocarbonyl (C=S) groups is 1. The summed E-state index contributed by atoms with van der Waals surface area (Å²) in [4.78, 5) is 12.3. The number of nitrogens with one attached hydrogen (secondary N) is 1. The number of aromatic amines is 1. The molecule has 1 aromatic carbocycles. The minimum Gasteiger partial charge on any atom is -0.483 e. The molecule has 2 rings (SSSR count). The summed E-state index contributed by atoms with van der Waals surface area (Å²) in [6.45, 7) is 4.10. The lowest BCUT2D eigenvalue weighted by molar-refractivity contribution is 0.337. The van der Waals surface area contributed by atoms with Gasteiger partial charge in [-0.3, -0.25) is 9.89 Å². The fourth-order valence-electron chi connectivity index (χ4n) is 1.75. The third-order valence-electron chi connectivity index (χ3n) is 2.57. The lowest BCUT2D eigenvalue weighted by atomic mass is 10.3. The fraction of sp³-hybridized carbons (Fsp3) is 0.231. The second kappa shape index (κ2) is 5.18. The highest BCUT2D eigenvalue weighted by Crippen LogP contribution is 2.08. The smallest absolute Gasteiger partial charge is 0.283 e. The molecule has 4 nitrogen and oxygen atoms in total. The molecule has 1 N–H and O–H groups in total. The third kappa shape index (κ3) is 2.22. The van der Waals surface area contributed by atoms with Gasteiger partial charge in [0.2, 0.25) is 0 Å². The number of aryl methyl sites for hydroxylation is 1. The van der Waals surface area contributed by atoms with Crippen LogP contribution in [0.3, 0.4) is 0 Å². The van der Waals surface area contributed by atoms with Gasteiger partial charge in [-0.15, -0.1) is 0 Å². The van der Waals surface area contributed by atoms with Crippen LogP contribution in [0.2, 0.25) is 0 Å². The van der Waals surface area contributed by atoms with Crippen molar-refractivity contribution in [2.24, 2.45) is 0 Å². The van der Waals surface area contributed by atoms with Crippen LogP contribution in [-0.2, 0) is 4.74 Å². The van der Waals surface area contributed by atoms with Crippen LogP contribution in [-0.4, -0.2) is 21.4 Å². The van der Waals surface area contributed by atoms with Gasteiger partial charge >= 0.3 is 0 Å². The molecule has 0 amide bonds. The van der Waals surface area contributed by atoms with Gasteiger partial charge in [-0.1, -0.05) is 18.2 Å². The third-order valence-corrected chi connectivity index (χ3v) is 2.89. The van der Waals surface area contributed by atoms with Crippen LogP contribution in [0.1, 0.15) is 18.2 Å². The van der Waals surface area contributed by atoms with E-state index >= 15 is 0 Å². The maximum Gasteiger partial charge on any atom is 0.283 e. The molecule has 0 saturated carbocycles. The topological polar surface area (TPSA) is 47.0 Å². The first-order valence-electron chi connectivity index (χ1n) is 5.69. The molecule has 5 heteroatoms. The van der Waals surface area contributed by atoms with Crippen molar-refractivity contribution in [3.05, 3.63) is 51.9 Å². The standard InChI is InChI=1S/C13H14N2O2S/c1-3-17-13(18)11-9(2)14-15(12(11)16)10-7-5-4-6-8-10/h4-8,14H,3H2,1-2H3. The largest absolute Gasteiger partial charge is 0.483 e. The Kier molecular flexibility index (Phi) is 3.62. The van der Waals surface area contributed by atoms with E-state index in [2.05, 4.69) is 5.10 Å². The molecule has 0 aliphatic heterocycles. The minimum atomic E-state index is -0.183. The Bertz CT molecular complexity index is 614. The summed E-state index contributed by atoms with van der Waals surface area (Å²) in [7, 11) is 0. The normalized spacial score (nSPS) is 10.3. The first-order valence-corrected chi connectivity index (χ1v) is 6.10. The highest BCUT2D eigenvalue weighted by molar-refractivity contribution is 7.80. The Labute approximate surface area is 110 Å². The Morgan fingerprint density at radius 1 is 1.39 bits per heavy atom. The van der Waals surface area contributed by atoms with E-state index in [1.165, 1.54) is 4.68 Å². The molecular formula is C13H14N2O2S. The number of H-pyrrole nitrogens is 1. The lowest BCUT2D eigenvalue weighted by Crippen LogP contribution is -2.21. The minimum absolute atomic E-state index is 0.183. The summed E-state index contributed by atoms with van der Waals surface area (Å²) in [5.41, 5.74) is 1.73. The van der Waals surface area contributed by atoms with E-state index in [1.54, 1.807) is 0 Å². The summed E-state index contributed by atoms with van der Waals surface area (Å²) in [5.74, 6) is 0. The van der Waals surface area contributed by atoms with Gasteiger partial charge in [-0.25, -0.2) is 4.68 Å². The van der Waals surface area contributed by atoms with Crippen LogP contribution in [0.4, 0.5) is 0 Å². The van der Waals surface area contributed by atoms with Crippen molar-refractivity contribution in [1.29, 1.82) is 0 Å². The molecule has 0 bridgehead atoms. The first kappa shape index (κ1) is 12.6. The molecule has 0 radical (unpaired) electrons.